The molecule has 1 atom stereocenters. The van der Waals surface area contributed by atoms with Crippen LogP contribution in [0.25, 0.3) is 0 Å². The molecule has 16 heavy (non-hydrogen) atoms. The van der Waals surface area contributed by atoms with Gasteiger partial charge in [-0.2, -0.15) is 0 Å². The number of hydrogen-bond donors (Lipinski definition) is 4. The van der Waals surface area contributed by atoms with Gasteiger partial charge in [0.05, 0.1) is 24.0 Å². The molecule has 0 saturated carbocycles. The fraction of sp³-hybridized carbons (Fsp3) is 0.333. The van der Waals surface area contributed by atoms with E-state index in [0.717, 1.165) is 11.8 Å². The van der Waals surface area contributed by atoms with Crippen LogP contribution in [0.2, 0.25) is 0 Å². The number of nitrogen functional groups attached to an aromatic ring is 1. The molecule has 1 heterocycles. The van der Waals surface area contributed by atoms with Crippen molar-refractivity contribution >= 4 is 23.4 Å². The number of thioether (sulfide) groups is 1. The average molecular weight is 244 g/mol. The molecule has 0 radical (unpaired) electrons. The van der Waals surface area contributed by atoms with Crippen molar-refractivity contribution in [3.05, 3.63) is 17.8 Å². The van der Waals surface area contributed by atoms with Crippen LogP contribution in [0.4, 0.5) is 5.69 Å². The summed E-state index contributed by atoms with van der Waals surface area (Å²) in [7, 11) is 0. The minimum absolute atomic E-state index is 0.0176. The summed E-state index contributed by atoms with van der Waals surface area (Å²) in [5.41, 5.74) is 5.66. The molecule has 6 nitrogen and oxygen atoms in total. The van der Waals surface area contributed by atoms with E-state index in [1.165, 1.54) is 12.3 Å². The smallest absolute Gasteiger partial charge is 0.337 e. The molecular weight excluding hydrogens is 232 g/mol. The van der Waals surface area contributed by atoms with Crippen molar-refractivity contribution < 1.29 is 20.1 Å². The molecule has 0 aliphatic rings. The van der Waals surface area contributed by atoms with E-state index in [4.69, 9.17) is 21.1 Å². The number of carbonyl (C=O) groups is 1. The van der Waals surface area contributed by atoms with Crippen LogP contribution in [-0.4, -0.2) is 44.7 Å². The summed E-state index contributed by atoms with van der Waals surface area (Å²) in [6.45, 7) is -0.356. The highest BCUT2D eigenvalue weighted by Crippen LogP contribution is 2.25. The standard InChI is InChI=1S/C9H12N2O4S/c10-7-6(9(14)15)1-2-11-8(7)16-4-5(13)3-12/h1-2,5,12-13H,3-4,10H2,(H,14,15). The van der Waals surface area contributed by atoms with Gasteiger partial charge in [-0.15, -0.1) is 11.8 Å². The van der Waals surface area contributed by atoms with Gasteiger partial charge in [0.25, 0.3) is 0 Å². The first-order valence-electron chi connectivity index (χ1n) is 4.45. The Morgan fingerprint density at radius 3 is 2.88 bits per heavy atom. The Morgan fingerprint density at radius 2 is 2.31 bits per heavy atom. The predicted molar refractivity (Wildman–Crippen MR) is 59.4 cm³/mol. The summed E-state index contributed by atoms with van der Waals surface area (Å²) < 4.78 is 0. The van der Waals surface area contributed by atoms with Crippen LogP contribution in [-0.2, 0) is 0 Å². The lowest BCUT2D eigenvalue weighted by Crippen LogP contribution is -2.15. The quantitative estimate of drug-likeness (QED) is 0.530. The van der Waals surface area contributed by atoms with Crippen LogP contribution in [0.3, 0.4) is 0 Å². The summed E-state index contributed by atoms with van der Waals surface area (Å²) in [4.78, 5) is 14.7. The van der Waals surface area contributed by atoms with Crippen molar-refractivity contribution in [2.24, 2.45) is 0 Å². The molecule has 0 spiro atoms. The molecule has 0 saturated heterocycles. The fourth-order valence-electron chi connectivity index (χ4n) is 0.983. The molecule has 1 rings (SSSR count). The van der Waals surface area contributed by atoms with Crippen molar-refractivity contribution in [2.75, 3.05) is 18.1 Å². The average Bonchev–Trinajstić information content (AvgIpc) is 2.26. The van der Waals surface area contributed by atoms with E-state index in [2.05, 4.69) is 4.98 Å². The number of nitrogens with zero attached hydrogens (tertiary/aromatic N) is 1. The van der Waals surface area contributed by atoms with E-state index in [9.17, 15) is 4.79 Å². The highest BCUT2D eigenvalue weighted by Gasteiger charge is 2.13. The number of carboxylic acid groups (broad SMARTS) is 1. The summed E-state index contributed by atoms with van der Waals surface area (Å²) in [6, 6.07) is 1.31. The number of aliphatic hydroxyl groups excluding tert-OH is 2. The lowest BCUT2D eigenvalue weighted by molar-refractivity contribution is 0.0697. The normalized spacial score (nSPS) is 12.4. The van der Waals surface area contributed by atoms with Crippen molar-refractivity contribution in [1.82, 2.24) is 4.98 Å². The van der Waals surface area contributed by atoms with E-state index >= 15 is 0 Å². The molecule has 0 amide bonds. The molecule has 0 fully saturated rings. The molecule has 1 aromatic heterocycles. The van der Waals surface area contributed by atoms with E-state index in [1.807, 2.05) is 0 Å². The lowest BCUT2D eigenvalue weighted by Gasteiger charge is -2.09. The predicted octanol–water partition coefficient (Wildman–Crippen LogP) is -0.193. The molecule has 7 heteroatoms. The van der Waals surface area contributed by atoms with Crippen molar-refractivity contribution in [2.45, 2.75) is 11.1 Å². The van der Waals surface area contributed by atoms with Gasteiger partial charge in [-0.25, -0.2) is 9.78 Å². The van der Waals surface area contributed by atoms with Crippen molar-refractivity contribution in [3.8, 4) is 0 Å². The Bertz CT molecular complexity index is 386. The van der Waals surface area contributed by atoms with Gasteiger partial charge >= 0.3 is 5.97 Å². The summed E-state index contributed by atoms with van der Waals surface area (Å²) >= 11 is 1.10. The number of aromatic carboxylic acids is 1. The second-order valence-corrected chi connectivity index (χ2v) is 4.04. The number of aromatic nitrogens is 1. The molecule has 5 N–H and O–H groups in total. The number of nitrogens with two attached hydrogens (primary N) is 1. The van der Waals surface area contributed by atoms with Gasteiger partial charge in [-0.3, -0.25) is 0 Å². The zero-order chi connectivity index (χ0) is 12.1. The summed E-state index contributed by atoms with van der Waals surface area (Å²) in [6.07, 6.45) is 0.465. The molecule has 0 aromatic carbocycles. The Morgan fingerprint density at radius 1 is 1.62 bits per heavy atom. The number of carboxylic acids is 1. The van der Waals surface area contributed by atoms with Gasteiger partial charge in [-0.1, -0.05) is 0 Å². The minimum Gasteiger partial charge on any atom is -0.478 e. The van der Waals surface area contributed by atoms with Gasteiger partial charge in [0.2, 0.25) is 0 Å². The van der Waals surface area contributed by atoms with Crippen LogP contribution >= 0.6 is 11.8 Å². The minimum atomic E-state index is -1.12. The second-order valence-electron chi connectivity index (χ2n) is 3.03. The SMILES string of the molecule is Nc1c(C(=O)O)ccnc1SCC(O)CO. The highest BCUT2D eigenvalue weighted by molar-refractivity contribution is 7.99. The monoisotopic (exact) mass is 244 g/mol. The van der Waals surface area contributed by atoms with Gasteiger partial charge in [0, 0.05) is 11.9 Å². The Kier molecular flexibility index (Phi) is 4.53. The van der Waals surface area contributed by atoms with Crippen LogP contribution in [0, 0.1) is 0 Å². The Hall–Kier alpha value is -1.31. The first kappa shape index (κ1) is 12.8. The first-order valence-corrected chi connectivity index (χ1v) is 5.44. The van der Waals surface area contributed by atoms with E-state index in [-0.39, 0.29) is 23.6 Å². The molecule has 0 aliphatic heterocycles. The van der Waals surface area contributed by atoms with Gasteiger partial charge < -0.3 is 21.1 Å². The zero-order valence-electron chi connectivity index (χ0n) is 8.33. The highest BCUT2D eigenvalue weighted by atomic mass is 32.2. The largest absolute Gasteiger partial charge is 0.478 e. The topological polar surface area (TPSA) is 117 Å². The fourth-order valence-corrected chi connectivity index (χ4v) is 1.84. The Balaban J connectivity index is 2.81. The molecule has 1 unspecified atom stereocenters. The third-order valence-corrected chi connectivity index (χ3v) is 2.96. The van der Waals surface area contributed by atoms with Gasteiger partial charge in [-0.05, 0) is 6.07 Å². The molecule has 0 aliphatic carbocycles. The number of aliphatic hydroxyl groups is 2. The third kappa shape index (κ3) is 3.09. The van der Waals surface area contributed by atoms with Crippen LogP contribution in [0.5, 0.6) is 0 Å². The van der Waals surface area contributed by atoms with Crippen molar-refractivity contribution in [1.29, 1.82) is 0 Å². The molecule has 0 bridgehead atoms. The molecule has 88 valence electrons. The van der Waals surface area contributed by atoms with Gasteiger partial charge in [0.1, 0.15) is 5.03 Å². The van der Waals surface area contributed by atoms with Crippen molar-refractivity contribution in [3.63, 3.8) is 0 Å². The van der Waals surface area contributed by atoms with Crippen LogP contribution in [0.1, 0.15) is 10.4 Å². The van der Waals surface area contributed by atoms with E-state index in [0.29, 0.717) is 5.03 Å². The maximum atomic E-state index is 10.8. The molecular formula is C9H12N2O4S. The Labute approximate surface area is 96.1 Å². The lowest BCUT2D eigenvalue weighted by atomic mass is 10.2. The van der Waals surface area contributed by atoms with E-state index in [1.54, 1.807) is 0 Å². The number of hydrogen-bond acceptors (Lipinski definition) is 6. The second kappa shape index (κ2) is 5.69. The third-order valence-electron chi connectivity index (χ3n) is 1.81. The zero-order valence-corrected chi connectivity index (χ0v) is 9.15. The number of pyridine rings is 1. The van der Waals surface area contributed by atoms with Gasteiger partial charge in [0.15, 0.2) is 0 Å². The maximum Gasteiger partial charge on any atom is 0.337 e. The number of rotatable bonds is 5. The maximum absolute atomic E-state index is 10.8. The number of anilines is 1. The van der Waals surface area contributed by atoms with Crippen LogP contribution < -0.4 is 5.73 Å². The molecule has 1 aromatic rings. The summed E-state index contributed by atoms with van der Waals surface area (Å²) in [5.74, 6) is -0.916. The van der Waals surface area contributed by atoms with E-state index < -0.39 is 12.1 Å². The first-order chi connectivity index (χ1) is 7.56. The van der Waals surface area contributed by atoms with Crippen LogP contribution in [0.15, 0.2) is 17.3 Å². The summed E-state index contributed by atoms with van der Waals surface area (Å²) in [5, 5.41) is 26.9.